The summed E-state index contributed by atoms with van der Waals surface area (Å²) in [6.45, 7) is 1.97. The Balaban J connectivity index is 2.07. The van der Waals surface area contributed by atoms with Gasteiger partial charge in [0.1, 0.15) is 11.9 Å². The Hall–Kier alpha value is -3.28. The van der Waals surface area contributed by atoms with Gasteiger partial charge in [-0.3, -0.25) is 9.59 Å². The zero-order valence-corrected chi connectivity index (χ0v) is 17.7. The molecule has 3 rings (SSSR count). The van der Waals surface area contributed by atoms with Gasteiger partial charge in [0.25, 0.3) is 5.91 Å². The first-order valence-electron chi connectivity index (χ1n) is 9.65. The maximum Gasteiger partial charge on any atom is 0.417 e. The molecule has 12 heteroatoms. The van der Waals surface area contributed by atoms with Crippen LogP contribution in [-0.4, -0.2) is 41.8 Å². The van der Waals surface area contributed by atoms with Crippen LogP contribution in [0.3, 0.4) is 0 Å². The summed E-state index contributed by atoms with van der Waals surface area (Å²) in [5.41, 5.74) is 2.22. The van der Waals surface area contributed by atoms with Gasteiger partial charge >= 0.3 is 6.18 Å². The number of nitrogens with two attached hydrogens (primary N) is 1. The van der Waals surface area contributed by atoms with Crippen LogP contribution in [-0.2, 0) is 9.53 Å². The Morgan fingerprint density at radius 1 is 1.24 bits per heavy atom. The van der Waals surface area contributed by atoms with Gasteiger partial charge in [0.05, 0.1) is 7.11 Å². The zero-order chi connectivity index (χ0) is 24.7. The smallest absolute Gasteiger partial charge is 0.417 e. The van der Waals surface area contributed by atoms with E-state index >= 15 is 0 Å². The highest BCUT2D eigenvalue weighted by molar-refractivity contribution is 5.97. The standard InChI is InChI=1S/C21H20F5N3O4/c1-9-14(11-4-5-12(22)15(23)16(11)32-3)17(33-20(9,2)21(24,25)26)19(31)29-13-8-10(18(27)30)6-7-28-13/h4-9,14,17H,1-3H3,(H2,27,30)(H,28,29,31)/t9-,14+,17+,20+/m1/s1. The number of ether oxygens (including phenoxy) is 2. The van der Waals surface area contributed by atoms with Crippen molar-refractivity contribution in [3.05, 3.63) is 53.2 Å². The first-order chi connectivity index (χ1) is 15.3. The number of carbonyl (C=O) groups is 2. The highest BCUT2D eigenvalue weighted by Crippen LogP contribution is 2.54. The van der Waals surface area contributed by atoms with Crippen molar-refractivity contribution in [2.24, 2.45) is 11.7 Å². The number of aromatic nitrogens is 1. The van der Waals surface area contributed by atoms with Gasteiger partial charge in [-0.2, -0.15) is 17.6 Å². The minimum absolute atomic E-state index is 0.0000342. The maximum atomic E-state index is 14.3. The number of hydrogen-bond donors (Lipinski definition) is 2. The quantitative estimate of drug-likeness (QED) is 0.647. The Kier molecular flexibility index (Phi) is 6.33. The molecular weight excluding hydrogens is 453 g/mol. The van der Waals surface area contributed by atoms with E-state index in [2.05, 4.69) is 10.3 Å². The van der Waals surface area contributed by atoms with Crippen LogP contribution >= 0.6 is 0 Å². The predicted octanol–water partition coefficient (Wildman–Crippen LogP) is 3.55. The molecule has 0 spiro atoms. The summed E-state index contributed by atoms with van der Waals surface area (Å²) >= 11 is 0. The summed E-state index contributed by atoms with van der Waals surface area (Å²) in [6.07, 6.45) is -5.51. The molecule has 178 valence electrons. The first-order valence-corrected chi connectivity index (χ1v) is 9.65. The lowest BCUT2D eigenvalue weighted by Crippen LogP contribution is -2.47. The molecule has 0 bridgehead atoms. The Labute approximate surface area is 185 Å². The van der Waals surface area contributed by atoms with E-state index in [0.29, 0.717) is 0 Å². The summed E-state index contributed by atoms with van der Waals surface area (Å²) < 4.78 is 80.0. The third-order valence-electron chi connectivity index (χ3n) is 5.87. The number of nitrogens with zero attached hydrogens (tertiary/aromatic N) is 1. The van der Waals surface area contributed by atoms with Gasteiger partial charge in [-0.15, -0.1) is 0 Å². The Morgan fingerprint density at radius 3 is 2.48 bits per heavy atom. The van der Waals surface area contributed by atoms with Crippen LogP contribution in [0.15, 0.2) is 30.5 Å². The van der Waals surface area contributed by atoms with Crippen molar-refractivity contribution in [1.82, 2.24) is 4.98 Å². The van der Waals surface area contributed by atoms with E-state index in [1.54, 1.807) is 0 Å². The van der Waals surface area contributed by atoms with E-state index in [1.165, 1.54) is 19.2 Å². The molecule has 0 saturated carbocycles. The number of benzene rings is 1. The highest BCUT2D eigenvalue weighted by Gasteiger charge is 2.65. The Bertz CT molecular complexity index is 1090. The van der Waals surface area contributed by atoms with Crippen LogP contribution < -0.4 is 15.8 Å². The van der Waals surface area contributed by atoms with Crippen molar-refractivity contribution in [2.75, 3.05) is 12.4 Å². The zero-order valence-electron chi connectivity index (χ0n) is 17.7. The summed E-state index contributed by atoms with van der Waals surface area (Å²) in [6, 6.07) is 4.20. The normalized spacial score (nSPS) is 25.0. The topological polar surface area (TPSA) is 104 Å². The van der Waals surface area contributed by atoms with E-state index in [-0.39, 0.29) is 16.9 Å². The van der Waals surface area contributed by atoms with Crippen molar-refractivity contribution in [3.63, 3.8) is 0 Å². The number of primary amides is 1. The number of pyridine rings is 1. The SMILES string of the molecule is COc1c([C@H]2[C@@H](C(=O)Nc3cc(C(N)=O)ccn3)O[C@](C)(C(F)(F)F)[C@@H]2C)ccc(F)c1F. The third kappa shape index (κ3) is 4.22. The van der Waals surface area contributed by atoms with E-state index in [4.69, 9.17) is 15.2 Å². The second kappa shape index (κ2) is 8.58. The van der Waals surface area contributed by atoms with Crippen molar-refractivity contribution < 1.29 is 41.0 Å². The molecule has 4 atom stereocenters. The minimum atomic E-state index is -4.89. The summed E-state index contributed by atoms with van der Waals surface area (Å²) in [5.74, 6) is -8.10. The molecule has 1 aliphatic heterocycles. The lowest BCUT2D eigenvalue weighted by molar-refractivity contribution is -0.272. The van der Waals surface area contributed by atoms with Crippen molar-refractivity contribution >= 4 is 17.6 Å². The van der Waals surface area contributed by atoms with E-state index < -0.39 is 58.9 Å². The van der Waals surface area contributed by atoms with E-state index in [0.717, 1.165) is 32.2 Å². The lowest BCUT2D eigenvalue weighted by Gasteiger charge is -2.32. The van der Waals surface area contributed by atoms with Gasteiger partial charge in [-0.25, -0.2) is 9.37 Å². The van der Waals surface area contributed by atoms with Gasteiger partial charge < -0.3 is 20.5 Å². The van der Waals surface area contributed by atoms with Crippen LogP contribution in [0.2, 0.25) is 0 Å². The second-order valence-corrected chi connectivity index (χ2v) is 7.72. The number of amides is 2. The van der Waals surface area contributed by atoms with E-state index in [9.17, 15) is 31.5 Å². The summed E-state index contributed by atoms with van der Waals surface area (Å²) in [5, 5.41) is 2.29. The summed E-state index contributed by atoms with van der Waals surface area (Å²) in [4.78, 5) is 28.2. The molecule has 33 heavy (non-hydrogen) atoms. The fourth-order valence-electron chi connectivity index (χ4n) is 3.89. The van der Waals surface area contributed by atoms with Crippen molar-refractivity contribution in [3.8, 4) is 5.75 Å². The first kappa shape index (κ1) is 24.4. The number of alkyl halides is 3. The largest absolute Gasteiger partial charge is 0.493 e. The molecule has 1 fully saturated rings. The predicted molar refractivity (Wildman–Crippen MR) is 106 cm³/mol. The lowest BCUT2D eigenvalue weighted by atomic mass is 9.77. The van der Waals surface area contributed by atoms with Crippen LogP contribution in [0.5, 0.6) is 5.75 Å². The van der Waals surface area contributed by atoms with Crippen molar-refractivity contribution in [2.45, 2.75) is 37.6 Å². The van der Waals surface area contributed by atoms with Crippen LogP contribution in [0, 0.1) is 17.6 Å². The Morgan fingerprint density at radius 2 is 1.91 bits per heavy atom. The second-order valence-electron chi connectivity index (χ2n) is 7.72. The van der Waals surface area contributed by atoms with Crippen LogP contribution in [0.25, 0.3) is 0 Å². The molecule has 1 aliphatic rings. The number of nitrogens with one attached hydrogen (secondary N) is 1. The minimum Gasteiger partial charge on any atom is -0.493 e. The van der Waals surface area contributed by atoms with Crippen LogP contribution in [0.1, 0.15) is 35.7 Å². The molecule has 0 aliphatic carbocycles. The number of hydrogen-bond acceptors (Lipinski definition) is 5. The molecular formula is C21H20F5N3O4. The molecule has 7 nitrogen and oxygen atoms in total. The number of halogens is 5. The molecule has 1 aromatic heterocycles. The number of anilines is 1. The third-order valence-corrected chi connectivity index (χ3v) is 5.87. The molecule has 0 unspecified atom stereocenters. The number of rotatable bonds is 5. The van der Waals surface area contributed by atoms with Crippen molar-refractivity contribution in [1.29, 1.82) is 0 Å². The molecule has 0 radical (unpaired) electrons. The maximum absolute atomic E-state index is 14.3. The average Bonchev–Trinajstić information content (AvgIpc) is 3.02. The highest BCUT2D eigenvalue weighted by atomic mass is 19.4. The van der Waals surface area contributed by atoms with Gasteiger partial charge in [-0.1, -0.05) is 13.0 Å². The van der Waals surface area contributed by atoms with Gasteiger partial charge in [0, 0.05) is 29.2 Å². The van der Waals surface area contributed by atoms with Gasteiger partial charge in [0.15, 0.2) is 17.2 Å². The molecule has 3 N–H and O–H groups in total. The molecule has 2 heterocycles. The summed E-state index contributed by atoms with van der Waals surface area (Å²) in [7, 11) is 1.03. The molecule has 2 amide bonds. The number of methoxy groups -OCH3 is 1. The average molecular weight is 473 g/mol. The van der Waals surface area contributed by atoms with Gasteiger partial charge in [0.2, 0.25) is 11.7 Å². The monoisotopic (exact) mass is 473 g/mol. The fraction of sp³-hybridized carbons (Fsp3) is 0.381. The molecule has 1 saturated heterocycles. The number of carbonyl (C=O) groups excluding carboxylic acids is 2. The van der Waals surface area contributed by atoms with Crippen LogP contribution in [0.4, 0.5) is 27.8 Å². The fourth-order valence-corrected chi connectivity index (χ4v) is 3.89. The van der Waals surface area contributed by atoms with E-state index in [1.807, 2.05) is 0 Å². The van der Waals surface area contributed by atoms with Gasteiger partial charge in [-0.05, 0) is 25.1 Å². The molecule has 1 aromatic carbocycles. The molecule has 2 aromatic rings.